The predicted octanol–water partition coefficient (Wildman–Crippen LogP) is 5.09. The number of H-pyrrole nitrogens is 1. The second kappa shape index (κ2) is 11.6. The van der Waals surface area contributed by atoms with Crippen LogP contribution in [0.4, 0.5) is 5.82 Å². The number of carbonyl (C=O) groups excluding carboxylic acids is 1. The number of nitrogens with one attached hydrogen (secondary N) is 2. The van der Waals surface area contributed by atoms with Gasteiger partial charge in [0.15, 0.2) is 0 Å². The summed E-state index contributed by atoms with van der Waals surface area (Å²) in [4.78, 5) is 20.0. The average molecular weight is 467 g/mol. The Kier molecular flexibility index (Phi) is 7.81. The summed E-state index contributed by atoms with van der Waals surface area (Å²) < 4.78 is 5.85. The summed E-state index contributed by atoms with van der Waals surface area (Å²) in [6.45, 7) is 2.58. The number of aromatic nitrogens is 4. The molecule has 2 aromatic heterocycles. The van der Waals surface area contributed by atoms with Crippen molar-refractivity contribution in [3.63, 3.8) is 0 Å². The Morgan fingerprint density at radius 2 is 1.94 bits per heavy atom. The van der Waals surface area contributed by atoms with Gasteiger partial charge < -0.3 is 15.0 Å². The molecule has 4 aromatic rings. The van der Waals surface area contributed by atoms with E-state index in [2.05, 4.69) is 31.6 Å². The van der Waals surface area contributed by atoms with Crippen molar-refractivity contribution < 1.29 is 9.53 Å². The second-order valence-corrected chi connectivity index (χ2v) is 8.11. The quantitative estimate of drug-likeness (QED) is 0.314. The van der Waals surface area contributed by atoms with E-state index in [9.17, 15) is 4.79 Å². The first-order valence-corrected chi connectivity index (χ1v) is 11.5. The molecule has 0 aliphatic heterocycles. The van der Waals surface area contributed by atoms with Crippen LogP contribution in [0.2, 0.25) is 0 Å². The number of rotatable bonds is 10. The van der Waals surface area contributed by atoms with Gasteiger partial charge in [0.05, 0.1) is 12.7 Å². The Labute approximate surface area is 204 Å². The van der Waals surface area contributed by atoms with Crippen LogP contribution in [0.25, 0.3) is 11.1 Å². The van der Waals surface area contributed by atoms with Crippen LogP contribution < -0.4 is 10.1 Å². The number of aromatic amines is 1. The minimum atomic E-state index is -0.410. The maximum Gasteiger partial charge on any atom is 0.294 e. The molecule has 0 bridgehead atoms. The third-order valence-electron chi connectivity index (χ3n) is 5.44. The number of ether oxygens (including phenoxy) is 1. The highest BCUT2D eigenvalue weighted by atomic mass is 16.5. The number of nitriles is 1. The van der Waals surface area contributed by atoms with Crippen LogP contribution in [0.15, 0.2) is 66.9 Å². The number of hydrogen-bond acceptors (Lipinski definition) is 6. The molecule has 2 heterocycles. The average Bonchev–Trinajstić information content (AvgIpc) is 3.34. The lowest BCUT2D eigenvalue weighted by molar-refractivity contribution is 0.101. The van der Waals surface area contributed by atoms with Crippen LogP contribution in [0.3, 0.4) is 0 Å². The molecule has 2 N–H and O–H groups in total. The van der Waals surface area contributed by atoms with Gasteiger partial charge in [0, 0.05) is 19.0 Å². The molecule has 8 heteroatoms. The summed E-state index contributed by atoms with van der Waals surface area (Å²) in [5.74, 6) is 1.51. The van der Waals surface area contributed by atoms with Crippen molar-refractivity contribution in [3.05, 3.63) is 89.6 Å². The highest BCUT2D eigenvalue weighted by Crippen LogP contribution is 2.29. The first-order chi connectivity index (χ1) is 17.1. The smallest absolute Gasteiger partial charge is 0.294 e. The fourth-order valence-corrected chi connectivity index (χ4v) is 3.61. The zero-order valence-electron chi connectivity index (χ0n) is 19.5. The van der Waals surface area contributed by atoms with Crippen LogP contribution >= 0.6 is 0 Å². The van der Waals surface area contributed by atoms with E-state index in [0.717, 1.165) is 40.8 Å². The first-order valence-electron chi connectivity index (χ1n) is 11.5. The number of anilines is 1. The summed E-state index contributed by atoms with van der Waals surface area (Å²) in [6, 6.07) is 21.6. The van der Waals surface area contributed by atoms with Gasteiger partial charge in [-0.05, 0) is 66.3 Å². The molecular weight excluding hydrogens is 440 g/mol. The Balaban J connectivity index is 1.42. The van der Waals surface area contributed by atoms with E-state index < -0.39 is 5.91 Å². The fraction of sp³-hybridized carbons (Fsp3) is 0.222. The lowest BCUT2D eigenvalue weighted by atomic mass is 10.0. The molecule has 35 heavy (non-hydrogen) atoms. The van der Waals surface area contributed by atoms with E-state index in [1.54, 1.807) is 6.20 Å². The van der Waals surface area contributed by atoms with E-state index >= 15 is 0 Å². The molecule has 0 aliphatic carbocycles. The van der Waals surface area contributed by atoms with E-state index in [4.69, 9.17) is 10.00 Å². The van der Waals surface area contributed by atoms with Gasteiger partial charge in [-0.15, -0.1) is 10.2 Å². The maximum atomic E-state index is 12.7. The normalized spacial score (nSPS) is 10.5. The summed E-state index contributed by atoms with van der Waals surface area (Å²) in [7, 11) is 0. The fourth-order valence-electron chi connectivity index (χ4n) is 3.61. The van der Waals surface area contributed by atoms with Gasteiger partial charge in [-0.25, -0.2) is 4.98 Å². The van der Waals surface area contributed by atoms with E-state index in [0.29, 0.717) is 31.1 Å². The van der Waals surface area contributed by atoms with Crippen molar-refractivity contribution >= 4 is 11.7 Å². The Hall–Kier alpha value is -4.51. The molecule has 0 atom stereocenters. The monoisotopic (exact) mass is 466 g/mol. The first kappa shape index (κ1) is 23.6. The van der Waals surface area contributed by atoms with Gasteiger partial charge in [-0.1, -0.05) is 36.4 Å². The molecule has 0 spiro atoms. The molecule has 1 amide bonds. The number of benzene rings is 2. The van der Waals surface area contributed by atoms with Crippen molar-refractivity contribution in [2.45, 2.75) is 32.6 Å². The number of hydrogen-bond donors (Lipinski definition) is 2. The van der Waals surface area contributed by atoms with Gasteiger partial charge in [-0.3, -0.25) is 4.79 Å². The third kappa shape index (κ3) is 6.51. The van der Waals surface area contributed by atoms with Crippen molar-refractivity contribution in [3.8, 4) is 22.9 Å². The number of amides is 1. The number of unbranched alkanes of at least 4 members (excludes halogenated alkanes) is 2. The predicted molar refractivity (Wildman–Crippen MR) is 133 cm³/mol. The van der Waals surface area contributed by atoms with Gasteiger partial charge >= 0.3 is 0 Å². The molecular formula is C27H26N6O2. The summed E-state index contributed by atoms with van der Waals surface area (Å²) in [5.41, 5.74) is 4.05. The third-order valence-corrected chi connectivity index (χ3v) is 5.44. The van der Waals surface area contributed by atoms with Crippen molar-refractivity contribution in [2.75, 3.05) is 11.9 Å². The molecule has 176 valence electrons. The Morgan fingerprint density at radius 1 is 1.09 bits per heavy atom. The van der Waals surface area contributed by atoms with Gasteiger partial charge in [0.1, 0.15) is 17.4 Å². The topological polar surface area (TPSA) is 117 Å². The highest BCUT2D eigenvalue weighted by Gasteiger charge is 2.14. The summed E-state index contributed by atoms with van der Waals surface area (Å²) >= 11 is 0. The molecule has 0 aliphatic rings. The van der Waals surface area contributed by atoms with Crippen LogP contribution in [-0.2, 0) is 6.42 Å². The van der Waals surface area contributed by atoms with E-state index in [1.165, 1.54) is 0 Å². The van der Waals surface area contributed by atoms with Crippen LogP contribution in [0.1, 0.15) is 46.8 Å². The lowest BCUT2D eigenvalue weighted by Gasteiger charge is -2.12. The number of nitrogens with zero attached hydrogens (tertiary/aromatic N) is 4. The molecule has 2 aromatic carbocycles. The zero-order valence-corrected chi connectivity index (χ0v) is 19.5. The van der Waals surface area contributed by atoms with Crippen molar-refractivity contribution in [1.82, 2.24) is 20.2 Å². The standard InChI is InChI=1S/C27H26N6O2/c1-19-10-11-22(35-15-7-3-6-13-28)18-23(19)21-12-14-29-24(17-21)31-27(34)26-30-25(32-33-26)16-20-8-4-2-5-9-20/h2,4-5,8-12,14,17-18H,3,6-7,15-16H2,1H3,(H,29,31,34)(H,30,32,33). The number of carbonyl (C=O) groups is 1. The number of aryl methyl sites for hydroxylation is 1. The van der Waals surface area contributed by atoms with Gasteiger partial charge in [0.25, 0.3) is 5.91 Å². The molecule has 4 rings (SSSR count). The zero-order chi connectivity index (χ0) is 24.5. The molecule has 0 radical (unpaired) electrons. The Bertz CT molecular complexity index is 1330. The van der Waals surface area contributed by atoms with Gasteiger partial charge in [0.2, 0.25) is 5.82 Å². The summed E-state index contributed by atoms with van der Waals surface area (Å²) in [6.07, 6.45) is 4.40. The largest absolute Gasteiger partial charge is 0.494 e. The molecule has 0 unspecified atom stereocenters. The molecule has 0 saturated heterocycles. The minimum Gasteiger partial charge on any atom is -0.494 e. The number of pyridine rings is 1. The molecule has 0 fully saturated rings. The summed E-state index contributed by atoms with van der Waals surface area (Å²) in [5, 5.41) is 19.5. The lowest BCUT2D eigenvalue weighted by Crippen LogP contribution is -2.14. The minimum absolute atomic E-state index is 0.131. The van der Waals surface area contributed by atoms with E-state index in [1.807, 2.05) is 67.6 Å². The van der Waals surface area contributed by atoms with Crippen LogP contribution in [-0.4, -0.2) is 32.7 Å². The van der Waals surface area contributed by atoms with E-state index in [-0.39, 0.29) is 5.82 Å². The SMILES string of the molecule is Cc1ccc(OCCCCC#N)cc1-c1ccnc(NC(=O)c2nnc(Cc3ccccc3)[nH]2)c1. The highest BCUT2D eigenvalue weighted by molar-refractivity contribution is 6.01. The van der Waals surface area contributed by atoms with Crippen LogP contribution in [0, 0.1) is 18.3 Å². The molecule has 0 saturated carbocycles. The van der Waals surface area contributed by atoms with Crippen LogP contribution in [0.5, 0.6) is 5.75 Å². The Morgan fingerprint density at radius 3 is 2.77 bits per heavy atom. The molecule has 8 nitrogen and oxygen atoms in total. The van der Waals surface area contributed by atoms with Gasteiger partial charge in [-0.2, -0.15) is 5.26 Å². The van der Waals surface area contributed by atoms with Crippen molar-refractivity contribution in [2.24, 2.45) is 0 Å². The second-order valence-electron chi connectivity index (χ2n) is 8.11. The maximum absolute atomic E-state index is 12.7. The van der Waals surface area contributed by atoms with Crippen molar-refractivity contribution in [1.29, 1.82) is 5.26 Å².